The lowest BCUT2D eigenvalue weighted by atomic mass is 10.2. The van der Waals surface area contributed by atoms with Gasteiger partial charge < -0.3 is 15.8 Å². The van der Waals surface area contributed by atoms with E-state index in [2.05, 4.69) is 15.5 Å². The fourth-order valence-corrected chi connectivity index (χ4v) is 1.62. The van der Waals surface area contributed by atoms with Crippen molar-refractivity contribution < 1.29 is 4.74 Å². The van der Waals surface area contributed by atoms with Gasteiger partial charge >= 0.3 is 0 Å². The predicted molar refractivity (Wildman–Crippen MR) is 71.5 cm³/mol. The van der Waals surface area contributed by atoms with Crippen LogP contribution >= 0.6 is 0 Å². The summed E-state index contributed by atoms with van der Waals surface area (Å²) in [6.45, 7) is 2.49. The van der Waals surface area contributed by atoms with E-state index in [9.17, 15) is 0 Å². The zero-order chi connectivity index (χ0) is 13.0. The van der Waals surface area contributed by atoms with Crippen LogP contribution in [0.15, 0.2) is 30.3 Å². The van der Waals surface area contributed by atoms with E-state index in [-0.39, 0.29) is 0 Å². The van der Waals surface area contributed by atoms with Crippen molar-refractivity contribution in [2.75, 3.05) is 18.2 Å². The first-order valence-corrected chi connectivity index (χ1v) is 5.65. The van der Waals surface area contributed by atoms with E-state index in [4.69, 9.17) is 10.5 Å². The van der Waals surface area contributed by atoms with Gasteiger partial charge in [0.25, 0.3) is 0 Å². The molecular weight excluding hydrogens is 228 g/mol. The summed E-state index contributed by atoms with van der Waals surface area (Å²) in [6, 6.07) is 9.35. The van der Waals surface area contributed by atoms with E-state index in [1.165, 1.54) is 0 Å². The average molecular weight is 244 g/mol. The molecule has 0 bridgehead atoms. The SMILES string of the molecule is COc1ccc(N)cc1CNc1ccc(C)nn1. The zero-order valence-corrected chi connectivity index (χ0v) is 10.5. The minimum atomic E-state index is 0.589. The molecule has 2 rings (SSSR count). The zero-order valence-electron chi connectivity index (χ0n) is 10.5. The van der Waals surface area contributed by atoms with Gasteiger partial charge in [-0.25, -0.2) is 0 Å². The second-order valence-electron chi connectivity index (χ2n) is 3.98. The molecule has 3 N–H and O–H groups in total. The number of benzene rings is 1. The van der Waals surface area contributed by atoms with Gasteiger partial charge in [-0.15, -0.1) is 5.10 Å². The van der Waals surface area contributed by atoms with Crippen LogP contribution in [0.25, 0.3) is 0 Å². The Balaban J connectivity index is 2.09. The summed E-state index contributed by atoms with van der Waals surface area (Å²) in [4.78, 5) is 0. The number of aromatic nitrogens is 2. The van der Waals surface area contributed by atoms with Gasteiger partial charge in [0.2, 0.25) is 0 Å². The first-order chi connectivity index (χ1) is 8.69. The van der Waals surface area contributed by atoms with Crippen LogP contribution in [0.5, 0.6) is 5.75 Å². The van der Waals surface area contributed by atoms with E-state index in [1.807, 2.05) is 37.3 Å². The first kappa shape index (κ1) is 12.2. The highest BCUT2D eigenvalue weighted by Crippen LogP contribution is 2.21. The number of ether oxygens (including phenoxy) is 1. The van der Waals surface area contributed by atoms with E-state index in [1.54, 1.807) is 7.11 Å². The summed E-state index contributed by atoms with van der Waals surface area (Å²) in [5, 5.41) is 11.2. The Morgan fingerprint density at radius 1 is 1.22 bits per heavy atom. The molecule has 1 aromatic carbocycles. The summed E-state index contributed by atoms with van der Waals surface area (Å²) in [6.07, 6.45) is 0. The van der Waals surface area contributed by atoms with Gasteiger partial charge in [0.15, 0.2) is 0 Å². The molecule has 2 aromatic rings. The molecule has 0 saturated heterocycles. The Morgan fingerprint density at radius 3 is 2.72 bits per heavy atom. The van der Waals surface area contributed by atoms with Gasteiger partial charge in [-0.1, -0.05) is 0 Å². The molecule has 94 valence electrons. The molecule has 0 spiro atoms. The van der Waals surface area contributed by atoms with Gasteiger partial charge in [-0.2, -0.15) is 5.10 Å². The van der Waals surface area contributed by atoms with Crippen LogP contribution < -0.4 is 15.8 Å². The molecule has 0 aliphatic rings. The average Bonchev–Trinajstić information content (AvgIpc) is 2.38. The normalized spacial score (nSPS) is 10.1. The number of hydrogen-bond donors (Lipinski definition) is 2. The number of nitrogen functional groups attached to an aromatic ring is 1. The van der Waals surface area contributed by atoms with Crippen LogP contribution in [0.1, 0.15) is 11.3 Å². The highest BCUT2D eigenvalue weighted by Gasteiger charge is 2.03. The molecule has 0 unspecified atom stereocenters. The van der Waals surface area contributed by atoms with Gasteiger partial charge in [0, 0.05) is 17.8 Å². The third-order valence-electron chi connectivity index (χ3n) is 2.56. The second kappa shape index (κ2) is 5.35. The molecule has 0 radical (unpaired) electrons. The smallest absolute Gasteiger partial charge is 0.148 e. The standard InChI is InChI=1S/C13H16N4O/c1-9-3-6-13(17-16-9)15-8-10-7-11(14)4-5-12(10)18-2/h3-7H,8,14H2,1-2H3,(H,15,17). The van der Waals surface area contributed by atoms with Gasteiger partial charge in [-0.05, 0) is 37.3 Å². The minimum Gasteiger partial charge on any atom is -0.496 e. The second-order valence-corrected chi connectivity index (χ2v) is 3.98. The van der Waals surface area contributed by atoms with Crippen molar-refractivity contribution in [3.8, 4) is 5.75 Å². The predicted octanol–water partition coefficient (Wildman–Crippen LogP) is 1.99. The lowest BCUT2D eigenvalue weighted by Gasteiger charge is -2.10. The van der Waals surface area contributed by atoms with Crippen molar-refractivity contribution in [1.29, 1.82) is 0 Å². The minimum absolute atomic E-state index is 0.589. The third kappa shape index (κ3) is 2.88. The lowest BCUT2D eigenvalue weighted by molar-refractivity contribution is 0.410. The van der Waals surface area contributed by atoms with E-state index >= 15 is 0 Å². The lowest BCUT2D eigenvalue weighted by Crippen LogP contribution is -2.04. The van der Waals surface area contributed by atoms with E-state index in [0.29, 0.717) is 12.2 Å². The maximum Gasteiger partial charge on any atom is 0.148 e. The molecule has 5 heteroatoms. The molecule has 0 atom stereocenters. The summed E-state index contributed by atoms with van der Waals surface area (Å²) in [7, 11) is 1.64. The maximum absolute atomic E-state index is 5.76. The maximum atomic E-state index is 5.76. The number of rotatable bonds is 4. The summed E-state index contributed by atoms with van der Waals surface area (Å²) < 4.78 is 5.28. The molecule has 0 aliphatic carbocycles. The molecule has 1 aromatic heterocycles. The Labute approximate surface area is 106 Å². The Hall–Kier alpha value is -2.30. The number of aryl methyl sites for hydroxylation is 1. The van der Waals surface area contributed by atoms with Crippen molar-refractivity contribution in [1.82, 2.24) is 10.2 Å². The fraction of sp³-hybridized carbons (Fsp3) is 0.231. The van der Waals surface area contributed by atoms with Crippen molar-refractivity contribution >= 4 is 11.5 Å². The van der Waals surface area contributed by atoms with Crippen molar-refractivity contribution in [2.24, 2.45) is 0 Å². The molecule has 5 nitrogen and oxygen atoms in total. The molecule has 0 fully saturated rings. The summed E-state index contributed by atoms with van der Waals surface area (Å²) in [5.41, 5.74) is 8.35. The topological polar surface area (TPSA) is 73.1 Å². The number of nitrogens with zero attached hydrogens (tertiary/aromatic N) is 2. The van der Waals surface area contributed by atoms with Crippen molar-refractivity contribution in [2.45, 2.75) is 13.5 Å². The molecule has 18 heavy (non-hydrogen) atoms. The number of hydrogen-bond acceptors (Lipinski definition) is 5. The van der Waals surface area contributed by atoms with Crippen LogP contribution in [0.4, 0.5) is 11.5 Å². The van der Waals surface area contributed by atoms with Gasteiger partial charge in [0.1, 0.15) is 11.6 Å². The summed E-state index contributed by atoms with van der Waals surface area (Å²) in [5.74, 6) is 1.53. The van der Waals surface area contributed by atoms with Crippen molar-refractivity contribution in [3.63, 3.8) is 0 Å². The highest BCUT2D eigenvalue weighted by molar-refractivity contribution is 5.49. The van der Waals surface area contributed by atoms with Crippen LogP contribution in [0.2, 0.25) is 0 Å². The number of methoxy groups -OCH3 is 1. The van der Waals surface area contributed by atoms with E-state index < -0.39 is 0 Å². The molecule has 0 saturated carbocycles. The monoisotopic (exact) mass is 244 g/mol. The Bertz CT molecular complexity index is 525. The highest BCUT2D eigenvalue weighted by atomic mass is 16.5. The number of anilines is 2. The number of nitrogens with two attached hydrogens (primary N) is 1. The van der Waals surface area contributed by atoms with Gasteiger partial charge in [0.05, 0.1) is 12.8 Å². The summed E-state index contributed by atoms with van der Waals surface area (Å²) >= 11 is 0. The molecular formula is C13H16N4O. The van der Waals surface area contributed by atoms with Crippen LogP contribution in [0, 0.1) is 6.92 Å². The third-order valence-corrected chi connectivity index (χ3v) is 2.56. The molecule has 0 aliphatic heterocycles. The largest absolute Gasteiger partial charge is 0.496 e. The van der Waals surface area contributed by atoms with Crippen LogP contribution in [0.3, 0.4) is 0 Å². The molecule has 1 heterocycles. The van der Waals surface area contributed by atoms with Crippen LogP contribution in [-0.2, 0) is 6.54 Å². The van der Waals surface area contributed by atoms with Gasteiger partial charge in [-0.3, -0.25) is 0 Å². The van der Waals surface area contributed by atoms with Crippen LogP contribution in [-0.4, -0.2) is 17.3 Å². The quantitative estimate of drug-likeness (QED) is 0.805. The Kier molecular flexibility index (Phi) is 3.62. The van der Waals surface area contributed by atoms with E-state index in [0.717, 1.165) is 22.8 Å². The first-order valence-electron chi connectivity index (χ1n) is 5.65. The Morgan fingerprint density at radius 2 is 2.06 bits per heavy atom. The molecule has 0 amide bonds. The fourth-order valence-electron chi connectivity index (χ4n) is 1.62. The van der Waals surface area contributed by atoms with Crippen molar-refractivity contribution in [3.05, 3.63) is 41.6 Å². The number of nitrogens with one attached hydrogen (secondary N) is 1.